The fourth-order valence-electron chi connectivity index (χ4n) is 3.67. The minimum Gasteiger partial charge on any atom is -0.494 e. The van der Waals surface area contributed by atoms with Gasteiger partial charge in [0.1, 0.15) is 0 Å². The van der Waals surface area contributed by atoms with Crippen molar-refractivity contribution in [2.75, 3.05) is 0 Å². The fraction of sp³-hybridized carbons (Fsp3) is 0.750. The van der Waals surface area contributed by atoms with E-state index in [9.17, 15) is 10.2 Å². The number of aromatic amines is 1. The smallest absolute Gasteiger partial charge is 0.198 e. The topological polar surface area (TPSA) is 56.2 Å². The molecule has 0 radical (unpaired) electrons. The van der Waals surface area contributed by atoms with E-state index < -0.39 is 0 Å². The Morgan fingerprint density at radius 3 is 1.81 bits per heavy atom. The molecule has 3 heteroatoms. The number of nitrogens with one attached hydrogen (secondary N) is 1. The lowest BCUT2D eigenvalue weighted by atomic mass is 9.98. The summed E-state index contributed by atoms with van der Waals surface area (Å²) in [6.45, 7) is 4.50. The molecule has 3 nitrogen and oxygen atoms in total. The highest BCUT2D eigenvalue weighted by Gasteiger charge is 2.11. The van der Waals surface area contributed by atoms with Gasteiger partial charge in [0.15, 0.2) is 11.8 Å². The van der Waals surface area contributed by atoms with Crippen LogP contribution in [0.15, 0.2) is 12.1 Å². The van der Waals surface area contributed by atoms with Crippen molar-refractivity contribution in [1.29, 1.82) is 0 Å². The first-order valence-corrected chi connectivity index (χ1v) is 11.5. The van der Waals surface area contributed by atoms with Crippen molar-refractivity contribution in [3.63, 3.8) is 0 Å². The third-order valence-corrected chi connectivity index (χ3v) is 5.38. The summed E-state index contributed by atoms with van der Waals surface area (Å²) in [5.74, 6) is 0.141. The molecule has 0 bridgehead atoms. The van der Waals surface area contributed by atoms with E-state index in [0.29, 0.717) is 0 Å². The van der Waals surface area contributed by atoms with Crippen molar-refractivity contribution in [1.82, 2.24) is 4.98 Å². The lowest BCUT2D eigenvalue weighted by Crippen LogP contribution is -1.87. The summed E-state index contributed by atoms with van der Waals surface area (Å²) in [6.07, 6.45) is 22.6. The summed E-state index contributed by atoms with van der Waals surface area (Å²) in [5.41, 5.74) is 1.96. The molecule has 0 aliphatic carbocycles. The second-order valence-corrected chi connectivity index (χ2v) is 7.93. The van der Waals surface area contributed by atoms with Gasteiger partial charge >= 0.3 is 0 Å². The summed E-state index contributed by atoms with van der Waals surface area (Å²) in [6, 6.07) is 1.66. The van der Waals surface area contributed by atoms with E-state index in [1.54, 1.807) is 6.07 Å². The Morgan fingerprint density at radius 2 is 1.30 bits per heavy atom. The van der Waals surface area contributed by atoms with Crippen LogP contribution in [0.5, 0.6) is 11.8 Å². The number of H-pyrrole nitrogens is 1. The molecule has 156 valence electrons. The molecular formula is C24H43NO2. The molecule has 0 aliphatic rings. The zero-order chi connectivity index (χ0) is 19.7. The highest BCUT2D eigenvalue weighted by molar-refractivity contribution is 5.70. The maximum Gasteiger partial charge on any atom is 0.198 e. The molecular weight excluding hydrogens is 334 g/mol. The number of unbranched alkanes of at least 4 members (excludes halogenated alkanes) is 13. The molecule has 0 aliphatic heterocycles. The maximum atomic E-state index is 10.0. The normalized spacial score (nSPS) is 12.0. The molecule has 0 saturated heterocycles. The van der Waals surface area contributed by atoms with Crippen LogP contribution in [0.2, 0.25) is 0 Å². The third kappa shape index (κ3) is 11.1. The summed E-state index contributed by atoms with van der Waals surface area (Å²) in [5, 5.41) is 19.7. The van der Waals surface area contributed by atoms with Crippen LogP contribution in [0.4, 0.5) is 0 Å². The van der Waals surface area contributed by atoms with Gasteiger partial charge in [0.2, 0.25) is 0 Å². The Labute approximate surface area is 167 Å². The standard InChI is InChI=1S/C24H43NO2/c1-3-5-7-9-10-11-12-13-15-17-19-21(18-16-14-8-6-4-2)22-20-23(26)25-24(22)27/h19-20,25-27H,3-18H2,1-2H3. The second-order valence-electron chi connectivity index (χ2n) is 7.93. The van der Waals surface area contributed by atoms with Crippen LogP contribution in [0.1, 0.15) is 122 Å². The number of allylic oxidation sites excluding steroid dienone is 2. The van der Waals surface area contributed by atoms with Gasteiger partial charge in [-0.1, -0.05) is 97.0 Å². The molecule has 0 atom stereocenters. The molecule has 0 fully saturated rings. The fourth-order valence-corrected chi connectivity index (χ4v) is 3.67. The molecule has 1 aromatic heterocycles. The SMILES string of the molecule is CCCCCCCCCCCC=C(CCCCCCC)c1cc(O)[nH]c1O. The van der Waals surface area contributed by atoms with Gasteiger partial charge in [-0.3, -0.25) is 4.98 Å². The average Bonchev–Trinajstić information content (AvgIpc) is 2.99. The summed E-state index contributed by atoms with van der Waals surface area (Å²) in [7, 11) is 0. The Hall–Kier alpha value is -1.38. The van der Waals surface area contributed by atoms with Gasteiger partial charge in [-0.2, -0.15) is 0 Å². The molecule has 0 spiro atoms. The van der Waals surface area contributed by atoms with Crippen LogP contribution >= 0.6 is 0 Å². The average molecular weight is 378 g/mol. The first-order chi connectivity index (χ1) is 13.2. The minimum atomic E-state index is 0.0439. The van der Waals surface area contributed by atoms with Crippen LogP contribution in [-0.2, 0) is 0 Å². The van der Waals surface area contributed by atoms with E-state index in [1.165, 1.54) is 89.0 Å². The molecule has 27 heavy (non-hydrogen) atoms. The zero-order valence-corrected chi connectivity index (χ0v) is 17.9. The van der Waals surface area contributed by atoms with E-state index in [4.69, 9.17) is 0 Å². The maximum absolute atomic E-state index is 10.0. The van der Waals surface area contributed by atoms with E-state index >= 15 is 0 Å². The number of rotatable bonds is 17. The van der Waals surface area contributed by atoms with Crippen LogP contribution in [-0.4, -0.2) is 15.2 Å². The van der Waals surface area contributed by atoms with Crippen LogP contribution < -0.4 is 0 Å². The Morgan fingerprint density at radius 1 is 0.778 bits per heavy atom. The van der Waals surface area contributed by atoms with Gasteiger partial charge in [-0.15, -0.1) is 0 Å². The molecule has 1 heterocycles. The largest absolute Gasteiger partial charge is 0.494 e. The molecule has 0 amide bonds. The van der Waals surface area contributed by atoms with Crippen molar-refractivity contribution < 1.29 is 10.2 Å². The van der Waals surface area contributed by atoms with Crippen LogP contribution in [0.3, 0.4) is 0 Å². The predicted molar refractivity (Wildman–Crippen MR) is 117 cm³/mol. The Kier molecular flexibility index (Phi) is 13.7. The van der Waals surface area contributed by atoms with Crippen LogP contribution in [0, 0.1) is 0 Å². The Bertz CT molecular complexity index is 504. The van der Waals surface area contributed by atoms with E-state index in [1.807, 2.05) is 0 Å². The van der Waals surface area contributed by atoms with Gasteiger partial charge in [0.25, 0.3) is 0 Å². The lowest BCUT2D eigenvalue weighted by Gasteiger charge is -2.07. The van der Waals surface area contributed by atoms with Gasteiger partial charge in [-0.25, -0.2) is 0 Å². The Balaban J connectivity index is 2.33. The number of aromatic nitrogens is 1. The third-order valence-electron chi connectivity index (χ3n) is 5.38. The van der Waals surface area contributed by atoms with Crippen molar-refractivity contribution in [3.8, 4) is 11.8 Å². The number of hydrogen-bond donors (Lipinski definition) is 3. The van der Waals surface area contributed by atoms with Crippen molar-refractivity contribution >= 4 is 5.57 Å². The number of aromatic hydroxyl groups is 2. The van der Waals surface area contributed by atoms with Crippen molar-refractivity contribution in [2.45, 2.75) is 117 Å². The summed E-state index contributed by atoms with van der Waals surface area (Å²) in [4.78, 5) is 2.61. The lowest BCUT2D eigenvalue weighted by molar-refractivity contribution is 0.424. The highest BCUT2D eigenvalue weighted by atomic mass is 16.3. The molecule has 1 aromatic rings. The highest BCUT2D eigenvalue weighted by Crippen LogP contribution is 2.32. The molecule has 0 aromatic carbocycles. The first-order valence-electron chi connectivity index (χ1n) is 11.5. The quantitative estimate of drug-likeness (QED) is 0.240. The predicted octanol–water partition coefficient (Wildman–Crippen LogP) is 8.09. The monoisotopic (exact) mass is 377 g/mol. The van der Waals surface area contributed by atoms with Crippen molar-refractivity contribution in [2.24, 2.45) is 0 Å². The molecule has 3 N–H and O–H groups in total. The van der Waals surface area contributed by atoms with Crippen molar-refractivity contribution in [3.05, 3.63) is 17.7 Å². The molecule has 1 rings (SSSR count). The van der Waals surface area contributed by atoms with E-state index in [2.05, 4.69) is 24.9 Å². The summed E-state index contributed by atoms with van der Waals surface area (Å²) >= 11 is 0. The van der Waals surface area contributed by atoms with E-state index in [-0.39, 0.29) is 11.8 Å². The number of hydrogen-bond acceptors (Lipinski definition) is 2. The van der Waals surface area contributed by atoms with Gasteiger partial charge in [-0.05, 0) is 31.3 Å². The molecule has 0 unspecified atom stereocenters. The minimum absolute atomic E-state index is 0.0439. The van der Waals surface area contributed by atoms with Gasteiger partial charge < -0.3 is 10.2 Å². The van der Waals surface area contributed by atoms with Gasteiger partial charge in [0.05, 0.1) is 0 Å². The summed E-state index contributed by atoms with van der Waals surface area (Å²) < 4.78 is 0. The molecule has 0 saturated carbocycles. The van der Waals surface area contributed by atoms with Gasteiger partial charge in [0, 0.05) is 11.6 Å². The zero-order valence-electron chi connectivity index (χ0n) is 17.9. The van der Waals surface area contributed by atoms with Crippen LogP contribution in [0.25, 0.3) is 5.57 Å². The van der Waals surface area contributed by atoms with E-state index in [0.717, 1.165) is 24.8 Å². The second kappa shape index (κ2) is 15.7. The first kappa shape index (κ1) is 23.7.